The van der Waals surface area contributed by atoms with Crippen LogP contribution in [0.15, 0.2) is 64.9 Å². The normalized spacial score (nSPS) is 16.7. The summed E-state index contributed by atoms with van der Waals surface area (Å²) in [5.74, 6) is -0.263. The minimum Gasteiger partial charge on any atom is -0.505 e. The van der Waals surface area contributed by atoms with Gasteiger partial charge in [-0.15, -0.1) is 0 Å². The van der Waals surface area contributed by atoms with E-state index in [1.807, 2.05) is 43.5 Å². The molecule has 9 nitrogen and oxygen atoms in total. The Hall–Kier alpha value is -4.53. The number of amides is 1. The molecule has 4 heterocycles. The van der Waals surface area contributed by atoms with Gasteiger partial charge < -0.3 is 28.3 Å². The first-order chi connectivity index (χ1) is 19.3. The van der Waals surface area contributed by atoms with E-state index >= 15 is 0 Å². The van der Waals surface area contributed by atoms with Gasteiger partial charge in [0.25, 0.3) is 11.7 Å². The number of hydrogen-bond donors (Lipinski definition) is 1. The fourth-order valence-electron chi connectivity index (χ4n) is 5.04. The molecule has 40 heavy (non-hydrogen) atoms. The van der Waals surface area contributed by atoms with Gasteiger partial charge in [0.2, 0.25) is 0 Å². The van der Waals surface area contributed by atoms with Crippen LogP contribution in [0.5, 0.6) is 11.5 Å². The first kappa shape index (κ1) is 27.1. The number of aliphatic hydroxyl groups is 1. The third kappa shape index (κ3) is 4.83. The molecule has 208 valence electrons. The number of nitrogens with zero attached hydrogens (tertiary/aromatic N) is 3. The van der Waals surface area contributed by atoms with E-state index in [9.17, 15) is 14.7 Å². The average Bonchev–Trinajstić information content (AvgIpc) is 3.64. The summed E-state index contributed by atoms with van der Waals surface area (Å²) in [7, 11) is 0. The van der Waals surface area contributed by atoms with Crippen molar-refractivity contribution < 1.29 is 28.6 Å². The lowest BCUT2D eigenvalue weighted by atomic mass is 9.96. The van der Waals surface area contributed by atoms with Crippen LogP contribution in [0.1, 0.15) is 61.0 Å². The number of imidazole rings is 1. The predicted molar refractivity (Wildman–Crippen MR) is 149 cm³/mol. The van der Waals surface area contributed by atoms with Gasteiger partial charge in [0.05, 0.1) is 43.3 Å². The van der Waals surface area contributed by atoms with Gasteiger partial charge in [0.15, 0.2) is 17.3 Å². The van der Waals surface area contributed by atoms with E-state index in [1.54, 1.807) is 30.3 Å². The summed E-state index contributed by atoms with van der Waals surface area (Å²) in [6.07, 6.45) is 5.25. The van der Waals surface area contributed by atoms with Crippen molar-refractivity contribution in [3.8, 4) is 11.5 Å². The zero-order valence-electron chi connectivity index (χ0n) is 23.1. The van der Waals surface area contributed by atoms with Gasteiger partial charge >= 0.3 is 0 Å². The molecule has 1 aromatic carbocycles. The number of furan rings is 1. The highest BCUT2D eigenvalue weighted by molar-refractivity contribution is 6.46. The van der Waals surface area contributed by atoms with E-state index in [1.165, 1.54) is 11.2 Å². The highest BCUT2D eigenvalue weighted by Gasteiger charge is 2.47. The maximum Gasteiger partial charge on any atom is 0.296 e. The van der Waals surface area contributed by atoms with Gasteiger partial charge in [-0.1, -0.05) is 25.5 Å². The van der Waals surface area contributed by atoms with E-state index in [2.05, 4.69) is 11.9 Å². The molecule has 0 aliphatic carbocycles. The first-order valence-corrected chi connectivity index (χ1v) is 13.5. The summed E-state index contributed by atoms with van der Waals surface area (Å²) in [6, 6.07) is 11.7. The Kier molecular flexibility index (Phi) is 7.64. The van der Waals surface area contributed by atoms with Gasteiger partial charge in [-0.25, -0.2) is 4.98 Å². The number of carbonyl (C=O) groups excluding carboxylic acids is 2. The average molecular weight is 544 g/mol. The first-order valence-electron chi connectivity index (χ1n) is 13.5. The Morgan fingerprint density at radius 1 is 1.07 bits per heavy atom. The van der Waals surface area contributed by atoms with E-state index in [-0.39, 0.29) is 23.6 Å². The third-order valence-corrected chi connectivity index (χ3v) is 7.09. The van der Waals surface area contributed by atoms with Crippen LogP contribution in [-0.4, -0.2) is 44.3 Å². The predicted octanol–water partition coefficient (Wildman–Crippen LogP) is 5.74. The topological polar surface area (TPSA) is 107 Å². The third-order valence-electron chi connectivity index (χ3n) is 7.09. The van der Waals surface area contributed by atoms with E-state index in [0.717, 1.165) is 18.4 Å². The van der Waals surface area contributed by atoms with Crippen LogP contribution in [0.2, 0.25) is 0 Å². The number of unbranched alkanes of at least 4 members (excludes halogenated alkanes) is 1. The number of rotatable bonds is 10. The lowest BCUT2D eigenvalue weighted by Crippen LogP contribution is -2.29. The smallest absolute Gasteiger partial charge is 0.296 e. The summed E-state index contributed by atoms with van der Waals surface area (Å²) in [6.45, 7) is 8.69. The number of aromatic nitrogens is 2. The number of aliphatic hydroxyl groups excluding tert-OH is 1. The molecule has 1 fully saturated rings. The number of benzene rings is 1. The van der Waals surface area contributed by atoms with Crippen LogP contribution >= 0.6 is 0 Å². The standard InChI is InChI=1S/C31H33N3O6/c1-5-7-15-40-23-13-12-21(17-24(23)38-6-2)27-25(29(36)31(37)34(27)18-22-11-9-16-39-22)28(35)26-20(4)33-14-8-10-19(3)30(33)32-26/h8-14,16-17,27,35H,5-7,15,18H2,1-4H3. The van der Waals surface area contributed by atoms with Crippen LogP contribution in [0, 0.1) is 13.8 Å². The SMILES string of the molecule is CCCCOc1ccc(C2C(=C(O)c3nc4c(C)cccn4c3C)C(=O)C(=O)N2Cc2ccco2)cc1OCC. The molecule has 5 rings (SSSR count). The largest absolute Gasteiger partial charge is 0.505 e. The van der Waals surface area contributed by atoms with E-state index in [4.69, 9.17) is 13.9 Å². The van der Waals surface area contributed by atoms with Crippen LogP contribution in [0.3, 0.4) is 0 Å². The molecular weight excluding hydrogens is 510 g/mol. The summed E-state index contributed by atoms with van der Waals surface area (Å²) < 4.78 is 19.2. The van der Waals surface area contributed by atoms with Gasteiger partial charge in [0, 0.05) is 6.20 Å². The molecule has 1 aliphatic rings. The van der Waals surface area contributed by atoms with Crippen molar-refractivity contribution in [1.82, 2.24) is 14.3 Å². The molecule has 9 heteroatoms. The number of carbonyl (C=O) groups is 2. The Morgan fingerprint density at radius 2 is 1.90 bits per heavy atom. The number of Topliss-reactive ketones (excluding diaryl/α,β-unsaturated/α-hetero) is 1. The number of likely N-dealkylation sites (tertiary alicyclic amines) is 1. The highest BCUT2D eigenvalue weighted by Crippen LogP contribution is 2.43. The number of hydrogen-bond acceptors (Lipinski definition) is 7. The Bertz CT molecular complexity index is 1580. The molecule has 0 bridgehead atoms. The second-order valence-electron chi connectivity index (χ2n) is 9.78. The molecule has 4 aromatic rings. The van der Waals surface area contributed by atoms with Crippen molar-refractivity contribution in [2.45, 2.75) is 53.1 Å². The molecule has 0 saturated carbocycles. The maximum absolute atomic E-state index is 13.6. The van der Waals surface area contributed by atoms with Crippen LogP contribution in [-0.2, 0) is 16.1 Å². The number of fused-ring (bicyclic) bond motifs is 1. The Labute approximate surface area is 232 Å². The summed E-state index contributed by atoms with van der Waals surface area (Å²) in [4.78, 5) is 33.1. The van der Waals surface area contributed by atoms with Crippen molar-refractivity contribution in [3.63, 3.8) is 0 Å². The van der Waals surface area contributed by atoms with Crippen molar-refractivity contribution >= 4 is 23.1 Å². The monoisotopic (exact) mass is 543 g/mol. The second-order valence-corrected chi connectivity index (χ2v) is 9.78. The summed E-state index contributed by atoms with van der Waals surface area (Å²) >= 11 is 0. The Balaban J connectivity index is 1.67. The Morgan fingerprint density at radius 3 is 2.60 bits per heavy atom. The highest BCUT2D eigenvalue weighted by atomic mass is 16.5. The van der Waals surface area contributed by atoms with E-state index in [0.29, 0.717) is 47.4 Å². The maximum atomic E-state index is 13.6. The molecule has 0 spiro atoms. The number of aryl methyl sites for hydroxylation is 2. The minimum atomic E-state index is -0.903. The molecule has 1 N–H and O–H groups in total. The minimum absolute atomic E-state index is 0.0391. The molecular formula is C31H33N3O6. The zero-order chi connectivity index (χ0) is 28.4. The number of ether oxygens (including phenoxy) is 2. The van der Waals surface area contributed by atoms with Gasteiger partial charge in [-0.05, 0) is 68.7 Å². The fraction of sp³-hybridized carbons (Fsp3) is 0.323. The summed E-state index contributed by atoms with van der Waals surface area (Å²) in [5.41, 5.74) is 3.04. The lowest BCUT2D eigenvalue weighted by molar-refractivity contribution is -0.140. The second kappa shape index (κ2) is 11.3. The molecule has 1 aliphatic heterocycles. The van der Waals surface area contributed by atoms with Gasteiger partial charge in [0.1, 0.15) is 17.1 Å². The molecule has 3 aromatic heterocycles. The zero-order valence-corrected chi connectivity index (χ0v) is 23.1. The lowest BCUT2D eigenvalue weighted by Gasteiger charge is -2.25. The molecule has 1 unspecified atom stereocenters. The fourth-order valence-corrected chi connectivity index (χ4v) is 5.04. The van der Waals surface area contributed by atoms with Gasteiger partial charge in [-0.2, -0.15) is 0 Å². The van der Waals surface area contributed by atoms with Crippen molar-refractivity contribution in [2.75, 3.05) is 13.2 Å². The molecule has 1 atom stereocenters. The molecule has 1 amide bonds. The van der Waals surface area contributed by atoms with Crippen LogP contribution < -0.4 is 9.47 Å². The number of pyridine rings is 1. The van der Waals surface area contributed by atoms with Gasteiger partial charge in [-0.3, -0.25) is 9.59 Å². The summed E-state index contributed by atoms with van der Waals surface area (Å²) in [5, 5.41) is 11.7. The van der Waals surface area contributed by atoms with Crippen LogP contribution in [0.4, 0.5) is 0 Å². The molecule has 0 radical (unpaired) electrons. The number of ketones is 1. The van der Waals surface area contributed by atoms with E-state index < -0.39 is 17.7 Å². The van der Waals surface area contributed by atoms with Crippen molar-refractivity contribution in [1.29, 1.82) is 0 Å². The quantitative estimate of drug-likeness (QED) is 0.118. The molecule has 1 saturated heterocycles. The van der Waals surface area contributed by atoms with Crippen molar-refractivity contribution in [2.24, 2.45) is 0 Å². The van der Waals surface area contributed by atoms with Crippen LogP contribution in [0.25, 0.3) is 11.4 Å². The van der Waals surface area contributed by atoms with Crippen molar-refractivity contribution in [3.05, 3.63) is 88.8 Å².